The first-order valence-corrected chi connectivity index (χ1v) is 21.2. The van der Waals surface area contributed by atoms with Crippen LogP contribution in [0.2, 0.25) is 0 Å². The quantitative estimate of drug-likeness (QED) is 0.104. The Morgan fingerprint density at radius 3 is 1.75 bits per heavy atom. The molecular formula is C42H52FeN8O6S2+3. The third-order valence-electron chi connectivity index (χ3n) is 10.7. The van der Waals surface area contributed by atoms with Crippen molar-refractivity contribution in [3.8, 4) is 0 Å². The van der Waals surface area contributed by atoms with Crippen molar-refractivity contribution < 1.29 is 46.5 Å². The summed E-state index contributed by atoms with van der Waals surface area (Å²) < 4.78 is 0. The van der Waals surface area contributed by atoms with Crippen LogP contribution in [0.1, 0.15) is 97.2 Å². The standard InChI is InChI=1S/C42H54N8O6S2.Fe/c1-19-25(9-11-37(51)52)33-16-34-26(10-12-38(53)54)20(2)30(48-34)14-35-40(24(6)58-18-28(44)42(56)46-8)22(4)32(50-35)15-36-39(21(3)31(49-36)13-29(19)47-33)23(5)57-17-27(43)41(55)45-7;/h13-16,23-24,27-28H,9-12,17-18,43-44H2,1-8H3,(H6,45,46,47,48,49,50,51,52,53,54,55,56);/q;+5/p-2. The third-order valence-corrected chi connectivity index (χ3v) is 13.3. The number of carbonyl (C=O) groups excluding carboxylic acids is 2. The summed E-state index contributed by atoms with van der Waals surface area (Å²) in [5.41, 5.74) is 24.4. The predicted octanol–water partition coefficient (Wildman–Crippen LogP) is 4.99. The molecule has 3 aromatic heterocycles. The first-order chi connectivity index (χ1) is 27.4. The molecule has 0 spiro atoms. The number of carboxylic acids is 2. The van der Waals surface area contributed by atoms with Gasteiger partial charge in [0, 0.05) is 48.9 Å². The van der Waals surface area contributed by atoms with E-state index in [4.69, 9.17) is 31.4 Å². The Morgan fingerprint density at radius 2 is 1.15 bits per heavy atom. The molecule has 8 N–H and O–H groups in total. The number of aryl methyl sites for hydroxylation is 3. The van der Waals surface area contributed by atoms with Crippen LogP contribution in [0.25, 0.3) is 44.4 Å². The number of fused-ring (bicyclic) bond motifs is 8. The van der Waals surface area contributed by atoms with E-state index in [0.717, 1.165) is 44.5 Å². The van der Waals surface area contributed by atoms with Gasteiger partial charge in [-0.1, -0.05) is 41.0 Å². The number of aromatic nitrogens is 4. The van der Waals surface area contributed by atoms with E-state index in [1.165, 1.54) is 0 Å². The molecule has 3 aromatic rings. The maximum atomic E-state index is 12.3. The van der Waals surface area contributed by atoms with Crippen LogP contribution in [-0.4, -0.2) is 86.9 Å². The molecule has 5 rings (SSSR count). The van der Waals surface area contributed by atoms with E-state index in [9.17, 15) is 29.4 Å². The number of allylic oxidation sites excluding steroid dienone is 3. The zero-order valence-electron chi connectivity index (χ0n) is 34.5. The maximum Gasteiger partial charge on any atom is 5.00 e. The van der Waals surface area contributed by atoms with Crippen LogP contribution >= 0.6 is 23.5 Å². The number of hydrogen-bond donors (Lipinski definition) is 6. The Labute approximate surface area is 363 Å². The predicted molar refractivity (Wildman–Crippen MR) is 233 cm³/mol. The molecule has 5 heterocycles. The number of aliphatic carboxylic acids is 2. The molecule has 2 amide bonds. The van der Waals surface area contributed by atoms with Crippen molar-refractivity contribution in [1.82, 2.24) is 30.6 Å². The van der Waals surface area contributed by atoms with Crippen molar-refractivity contribution in [2.24, 2.45) is 11.5 Å². The molecule has 2 aliphatic rings. The monoisotopic (exact) mass is 884 g/mol. The fourth-order valence-electron chi connectivity index (χ4n) is 7.31. The summed E-state index contributed by atoms with van der Waals surface area (Å²) in [6.45, 7) is 12.0. The van der Waals surface area contributed by atoms with Crippen molar-refractivity contribution in [2.75, 3.05) is 25.6 Å². The average Bonchev–Trinajstić information content (AvgIpc) is 3.85. The third kappa shape index (κ3) is 10.7. The number of amides is 2. The number of carbonyl (C=O) groups is 4. The number of likely N-dealkylation sites (N-methyl/N-ethyl adjacent to an activating group) is 2. The molecule has 313 valence electrons. The van der Waals surface area contributed by atoms with Crippen LogP contribution in [-0.2, 0) is 42.7 Å². The molecule has 2 aliphatic heterocycles. The van der Waals surface area contributed by atoms with Crippen LogP contribution in [0.4, 0.5) is 0 Å². The molecule has 4 atom stereocenters. The SMILES string of the molecule is CNC(=O)C(N)CSC(C)C1=C(C)c2cc3[n-]c(cc4nc(cc5[n-]c(cc1n2)c(C)c5CCC(=O)O)C(CCC(=O)O)=C4C)c(C)c3C(C)SCC(N)C(=O)NC.[Fe+5]. The summed E-state index contributed by atoms with van der Waals surface area (Å²) in [5, 5.41) is 24.3. The van der Waals surface area contributed by atoms with E-state index in [2.05, 4.69) is 24.5 Å². The van der Waals surface area contributed by atoms with Crippen molar-refractivity contribution in [1.29, 1.82) is 0 Å². The van der Waals surface area contributed by atoms with Crippen molar-refractivity contribution in [3.63, 3.8) is 0 Å². The number of nitrogens with one attached hydrogen (secondary N) is 2. The Bertz CT molecular complexity index is 2370. The van der Waals surface area contributed by atoms with Gasteiger partial charge in [0.1, 0.15) is 0 Å². The number of rotatable bonds is 16. The van der Waals surface area contributed by atoms with Crippen LogP contribution in [0.5, 0.6) is 0 Å². The van der Waals surface area contributed by atoms with Gasteiger partial charge in [0.2, 0.25) is 11.8 Å². The molecule has 0 aliphatic carbocycles. The zero-order chi connectivity index (χ0) is 42.6. The fraction of sp³-hybridized carbons (Fsp3) is 0.429. The zero-order valence-corrected chi connectivity index (χ0v) is 37.2. The second kappa shape index (κ2) is 20.3. The normalized spacial score (nSPS) is 14.7. The summed E-state index contributed by atoms with van der Waals surface area (Å²) >= 11 is 3.09. The molecular weight excluding hydrogens is 832 g/mol. The summed E-state index contributed by atoms with van der Waals surface area (Å²) in [7, 11) is 3.12. The van der Waals surface area contributed by atoms with Gasteiger partial charge in [-0.3, -0.25) is 19.2 Å². The summed E-state index contributed by atoms with van der Waals surface area (Å²) in [5.74, 6) is -1.62. The van der Waals surface area contributed by atoms with E-state index in [1.807, 2.05) is 52.0 Å². The molecule has 4 unspecified atom stereocenters. The van der Waals surface area contributed by atoms with E-state index >= 15 is 0 Å². The van der Waals surface area contributed by atoms with Crippen LogP contribution in [0, 0.1) is 13.8 Å². The van der Waals surface area contributed by atoms with Crippen molar-refractivity contribution in [3.05, 3.63) is 69.3 Å². The summed E-state index contributed by atoms with van der Waals surface area (Å²) in [6, 6.07) is 6.23. The van der Waals surface area contributed by atoms with Crippen LogP contribution in [0.15, 0.2) is 24.3 Å². The molecule has 0 aromatic carbocycles. The molecule has 8 bridgehead atoms. The minimum atomic E-state index is -0.938. The Hall–Kier alpha value is -4.38. The van der Waals surface area contributed by atoms with Gasteiger partial charge in [0.05, 0.1) is 34.9 Å². The topological polar surface area (TPSA) is 239 Å². The van der Waals surface area contributed by atoms with Gasteiger partial charge in [-0.2, -0.15) is 23.5 Å². The number of thioether (sulfide) groups is 2. The van der Waals surface area contributed by atoms with Gasteiger partial charge in [-0.25, -0.2) is 9.97 Å². The van der Waals surface area contributed by atoms with E-state index in [1.54, 1.807) is 37.6 Å². The van der Waals surface area contributed by atoms with E-state index in [0.29, 0.717) is 56.3 Å². The Kier molecular flexibility index (Phi) is 16.2. The second-order valence-electron chi connectivity index (χ2n) is 14.6. The minimum absolute atomic E-state index is 0. The van der Waals surface area contributed by atoms with Crippen molar-refractivity contribution in [2.45, 2.75) is 89.8 Å². The molecule has 0 fully saturated rings. The van der Waals surface area contributed by atoms with Gasteiger partial charge in [0.25, 0.3) is 0 Å². The molecule has 0 saturated carbocycles. The van der Waals surface area contributed by atoms with Gasteiger partial charge < -0.3 is 42.3 Å². The van der Waals surface area contributed by atoms with E-state index < -0.39 is 24.0 Å². The molecule has 59 heavy (non-hydrogen) atoms. The van der Waals surface area contributed by atoms with E-state index in [-0.39, 0.29) is 65.1 Å². The summed E-state index contributed by atoms with van der Waals surface area (Å²) in [4.78, 5) is 68.6. The molecule has 14 nitrogen and oxygen atoms in total. The number of carboxylic acid groups (broad SMARTS) is 2. The Balaban J connectivity index is 0.00000769. The van der Waals surface area contributed by atoms with Crippen LogP contribution in [0.3, 0.4) is 0 Å². The average molecular weight is 885 g/mol. The van der Waals surface area contributed by atoms with Gasteiger partial charge in [-0.05, 0) is 82.2 Å². The largest absolute Gasteiger partial charge is 5.00 e. The van der Waals surface area contributed by atoms with Gasteiger partial charge in [-0.15, -0.1) is 22.1 Å². The van der Waals surface area contributed by atoms with Crippen LogP contribution < -0.4 is 32.1 Å². The Morgan fingerprint density at radius 1 is 0.678 bits per heavy atom. The maximum absolute atomic E-state index is 12.3. The molecule has 1 radical (unpaired) electrons. The van der Waals surface area contributed by atoms with Gasteiger partial charge in [0.15, 0.2) is 0 Å². The number of hydrogen-bond acceptors (Lipinski definition) is 10. The first kappa shape index (κ1) is 47.3. The number of nitrogens with zero attached hydrogens (tertiary/aromatic N) is 4. The number of nitrogens with two attached hydrogens (primary N) is 2. The van der Waals surface area contributed by atoms with Crippen molar-refractivity contribution >= 4 is 91.6 Å². The minimum Gasteiger partial charge on any atom is -0.657 e. The summed E-state index contributed by atoms with van der Waals surface area (Å²) in [6.07, 6.45) is 0.247. The molecule has 0 saturated heterocycles. The molecule has 17 heteroatoms. The van der Waals surface area contributed by atoms with Gasteiger partial charge >= 0.3 is 29.0 Å². The smallest absolute Gasteiger partial charge is 0.657 e. The fourth-order valence-corrected chi connectivity index (χ4v) is 9.53. The first-order valence-electron chi connectivity index (χ1n) is 19.1. The second-order valence-corrected chi connectivity index (χ2v) is 17.3.